The molecule has 1 aliphatic heterocycles. The van der Waals surface area contributed by atoms with Crippen LogP contribution in [0.4, 0.5) is 0 Å². The number of nitrogens with two attached hydrogens (primary N) is 1. The summed E-state index contributed by atoms with van der Waals surface area (Å²) in [7, 11) is 0. The summed E-state index contributed by atoms with van der Waals surface area (Å²) in [5.41, 5.74) is 8.16. The molecule has 1 heterocycles. The van der Waals surface area contributed by atoms with Crippen molar-refractivity contribution in [3.8, 4) is 0 Å². The highest BCUT2D eigenvalue weighted by molar-refractivity contribution is 5.75. The molecule has 1 saturated heterocycles. The number of hydrogen-bond donors (Lipinski definition) is 1. The number of likely N-dealkylation sites (tertiary alicyclic amines) is 1. The molecular formula is C16H24N2O2. The van der Waals surface area contributed by atoms with Gasteiger partial charge in [0.1, 0.15) is 6.04 Å². The molecule has 2 rings (SSSR count). The lowest BCUT2D eigenvalue weighted by Gasteiger charge is -2.34. The van der Waals surface area contributed by atoms with Crippen molar-refractivity contribution in [1.29, 1.82) is 0 Å². The van der Waals surface area contributed by atoms with Crippen LogP contribution in [0.2, 0.25) is 0 Å². The summed E-state index contributed by atoms with van der Waals surface area (Å²) in [5.74, 6) is -0.0857. The first-order valence-electron chi connectivity index (χ1n) is 7.43. The Morgan fingerprint density at radius 3 is 2.80 bits per heavy atom. The van der Waals surface area contributed by atoms with Crippen molar-refractivity contribution in [1.82, 2.24) is 4.90 Å². The first-order chi connectivity index (χ1) is 9.76. The summed E-state index contributed by atoms with van der Waals surface area (Å²) in [6.07, 6.45) is 3.13. The Morgan fingerprint density at radius 1 is 1.35 bits per heavy atom. The van der Waals surface area contributed by atoms with E-state index in [0.717, 1.165) is 37.9 Å². The molecule has 20 heavy (non-hydrogen) atoms. The van der Waals surface area contributed by atoms with E-state index in [9.17, 15) is 4.79 Å². The number of benzene rings is 1. The van der Waals surface area contributed by atoms with Gasteiger partial charge in [0.2, 0.25) is 0 Å². The van der Waals surface area contributed by atoms with E-state index in [1.54, 1.807) is 0 Å². The van der Waals surface area contributed by atoms with Gasteiger partial charge in [-0.1, -0.05) is 30.7 Å². The Labute approximate surface area is 120 Å². The van der Waals surface area contributed by atoms with Crippen LogP contribution < -0.4 is 5.73 Å². The Bertz CT molecular complexity index is 448. The first-order valence-corrected chi connectivity index (χ1v) is 7.43. The predicted molar refractivity (Wildman–Crippen MR) is 79.0 cm³/mol. The number of rotatable bonds is 5. The second kappa shape index (κ2) is 7.41. The predicted octanol–water partition coefficient (Wildman–Crippen LogP) is 2.06. The first kappa shape index (κ1) is 15.0. The zero-order chi connectivity index (χ0) is 14.4. The van der Waals surface area contributed by atoms with Crippen molar-refractivity contribution in [2.24, 2.45) is 5.73 Å². The smallest absolute Gasteiger partial charge is 0.323 e. The van der Waals surface area contributed by atoms with Crippen LogP contribution in [-0.2, 0) is 22.6 Å². The van der Waals surface area contributed by atoms with Gasteiger partial charge in [0.05, 0.1) is 6.61 Å². The van der Waals surface area contributed by atoms with E-state index in [4.69, 9.17) is 10.5 Å². The van der Waals surface area contributed by atoms with E-state index < -0.39 is 0 Å². The molecule has 0 bridgehead atoms. The minimum absolute atomic E-state index is 0.0857. The lowest BCUT2D eigenvalue weighted by molar-refractivity contribution is -0.151. The molecule has 2 N–H and O–H groups in total. The molecule has 1 aliphatic rings. The lowest BCUT2D eigenvalue weighted by atomic mass is 9.99. The molecule has 0 radical (unpaired) electrons. The molecule has 1 unspecified atom stereocenters. The summed E-state index contributed by atoms with van der Waals surface area (Å²) in [5, 5.41) is 0. The van der Waals surface area contributed by atoms with Crippen LogP contribution in [-0.4, -0.2) is 30.1 Å². The van der Waals surface area contributed by atoms with E-state index in [0.29, 0.717) is 13.2 Å². The minimum atomic E-state index is -0.102. The number of ether oxygens (including phenoxy) is 1. The van der Waals surface area contributed by atoms with Crippen LogP contribution in [0.5, 0.6) is 0 Å². The van der Waals surface area contributed by atoms with Crippen molar-refractivity contribution in [3.63, 3.8) is 0 Å². The molecular weight excluding hydrogens is 252 g/mol. The monoisotopic (exact) mass is 276 g/mol. The quantitative estimate of drug-likeness (QED) is 0.836. The number of piperidine rings is 1. The van der Waals surface area contributed by atoms with Gasteiger partial charge in [-0.05, 0) is 37.4 Å². The highest BCUT2D eigenvalue weighted by Gasteiger charge is 2.29. The van der Waals surface area contributed by atoms with E-state index in [2.05, 4.69) is 17.0 Å². The van der Waals surface area contributed by atoms with Crippen molar-refractivity contribution >= 4 is 5.97 Å². The molecule has 1 aromatic rings. The number of esters is 1. The Hall–Kier alpha value is -1.39. The maximum Gasteiger partial charge on any atom is 0.323 e. The highest BCUT2D eigenvalue weighted by atomic mass is 16.5. The fourth-order valence-corrected chi connectivity index (χ4v) is 2.82. The second-order valence-corrected chi connectivity index (χ2v) is 5.21. The van der Waals surface area contributed by atoms with E-state index in [1.807, 2.05) is 19.1 Å². The lowest BCUT2D eigenvalue weighted by Crippen LogP contribution is -2.45. The molecule has 0 aromatic heterocycles. The van der Waals surface area contributed by atoms with Gasteiger partial charge in [0.15, 0.2) is 0 Å². The molecule has 0 amide bonds. The third-order valence-electron chi connectivity index (χ3n) is 3.88. The normalized spacial score (nSPS) is 19.8. The average Bonchev–Trinajstić information content (AvgIpc) is 2.48. The van der Waals surface area contributed by atoms with Crippen LogP contribution in [0.1, 0.15) is 37.3 Å². The van der Waals surface area contributed by atoms with Gasteiger partial charge in [0.25, 0.3) is 0 Å². The number of hydrogen-bond acceptors (Lipinski definition) is 4. The van der Waals surface area contributed by atoms with Gasteiger partial charge >= 0.3 is 5.97 Å². The topological polar surface area (TPSA) is 55.6 Å². The summed E-state index contributed by atoms with van der Waals surface area (Å²) >= 11 is 0. The van der Waals surface area contributed by atoms with Crippen LogP contribution in [0.15, 0.2) is 24.3 Å². The summed E-state index contributed by atoms with van der Waals surface area (Å²) in [4.78, 5) is 14.3. The van der Waals surface area contributed by atoms with Gasteiger partial charge in [-0.3, -0.25) is 9.69 Å². The van der Waals surface area contributed by atoms with E-state index in [1.165, 1.54) is 5.56 Å². The van der Waals surface area contributed by atoms with Crippen LogP contribution in [0, 0.1) is 0 Å². The summed E-state index contributed by atoms with van der Waals surface area (Å²) in [6, 6.07) is 8.08. The fraction of sp³-hybridized carbons (Fsp3) is 0.562. The fourth-order valence-electron chi connectivity index (χ4n) is 2.82. The largest absolute Gasteiger partial charge is 0.465 e. The third-order valence-corrected chi connectivity index (χ3v) is 3.88. The molecule has 0 aliphatic carbocycles. The molecule has 1 fully saturated rings. The molecule has 1 atom stereocenters. The van der Waals surface area contributed by atoms with Gasteiger partial charge in [-0.15, -0.1) is 0 Å². The number of nitrogens with zero attached hydrogens (tertiary/aromatic N) is 1. The Kier molecular flexibility index (Phi) is 5.56. The van der Waals surface area contributed by atoms with Gasteiger partial charge in [-0.25, -0.2) is 0 Å². The Morgan fingerprint density at radius 2 is 2.10 bits per heavy atom. The van der Waals surface area contributed by atoms with E-state index >= 15 is 0 Å². The zero-order valence-electron chi connectivity index (χ0n) is 12.2. The molecule has 110 valence electrons. The molecule has 0 saturated carbocycles. The standard InChI is InChI=1S/C16H24N2O2/c1-2-20-16(19)15-9-5-6-10-18(15)12-14-8-4-3-7-13(14)11-17/h3-4,7-8,15H,2,5-6,9-12,17H2,1H3. The zero-order valence-corrected chi connectivity index (χ0v) is 12.2. The van der Waals surface area contributed by atoms with Crippen molar-refractivity contribution in [2.75, 3.05) is 13.2 Å². The molecule has 0 spiro atoms. The average molecular weight is 276 g/mol. The van der Waals surface area contributed by atoms with E-state index in [-0.39, 0.29) is 12.0 Å². The highest BCUT2D eigenvalue weighted by Crippen LogP contribution is 2.22. The van der Waals surface area contributed by atoms with Crippen LogP contribution >= 0.6 is 0 Å². The van der Waals surface area contributed by atoms with Crippen molar-refractivity contribution in [3.05, 3.63) is 35.4 Å². The van der Waals surface area contributed by atoms with Gasteiger partial charge < -0.3 is 10.5 Å². The molecule has 4 nitrogen and oxygen atoms in total. The van der Waals surface area contributed by atoms with Crippen LogP contribution in [0.3, 0.4) is 0 Å². The van der Waals surface area contributed by atoms with Gasteiger partial charge in [0, 0.05) is 13.1 Å². The number of carbonyl (C=O) groups is 1. The van der Waals surface area contributed by atoms with Crippen molar-refractivity contribution < 1.29 is 9.53 Å². The SMILES string of the molecule is CCOC(=O)C1CCCCN1Cc1ccccc1CN. The minimum Gasteiger partial charge on any atom is -0.465 e. The summed E-state index contributed by atoms with van der Waals surface area (Å²) in [6.45, 7) is 4.56. The van der Waals surface area contributed by atoms with Crippen LogP contribution in [0.25, 0.3) is 0 Å². The molecule has 4 heteroatoms. The Balaban J connectivity index is 2.10. The van der Waals surface area contributed by atoms with Crippen molar-refractivity contribution in [2.45, 2.75) is 45.3 Å². The maximum atomic E-state index is 12.1. The maximum absolute atomic E-state index is 12.1. The summed E-state index contributed by atoms with van der Waals surface area (Å²) < 4.78 is 5.20. The van der Waals surface area contributed by atoms with Gasteiger partial charge in [-0.2, -0.15) is 0 Å². The number of carbonyl (C=O) groups excluding carboxylic acids is 1. The molecule has 1 aromatic carbocycles. The third kappa shape index (κ3) is 3.58. The second-order valence-electron chi connectivity index (χ2n) is 5.21.